The van der Waals surface area contributed by atoms with Crippen molar-refractivity contribution < 1.29 is 4.79 Å². The van der Waals surface area contributed by atoms with Gasteiger partial charge in [-0.25, -0.2) is 4.98 Å². The third-order valence-electron chi connectivity index (χ3n) is 4.38. The van der Waals surface area contributed by atoms with Crippen LogP contribution in [0.15, 0.2) is 24.5 Å². The molecule has 2 aliphatic rings. The van der Waals surface area contributed by atoms with Crippen molar-refractivity contribution in [2.45, 2.75) is 25.8 Å². The normalized spacial score (nSPS) is 19.5. The van der Waals surface area contributed by atoms with Gasteiger partial charge in [0.1, 0.15) is 12.4 Å². The number of carbonyl (C=O) groups excluding carboxylic acids is 1. The summed E-state index contributed by atoms with van der Waals surface area (Å²) in [6.07, 6.45) is 3.52. The number of fused-ring (bicyclic) bond motifs is 5. The first kappa shape index (κ1) is 12.2. The number of rotatable bonds is 0. The number of hydrogen-bond acceptors (Lipinski definition) is 3. The summed E-state index contributed by atoms with van der Waals surface area (Å²) in [5, 5.41) is 9.32. The zero-order chi connectivity index (χ0) is 14.6. The summed E-state index contributed by atoms with van der Waals surface area (Å²) in [5.41, 5.74) is 3.85. The van der Waals surface area contributed by atoms with Crippen molar-refractivity contribution in [2.75, 3.05) is 6.54 Å². The predicted molar refractivity (Wildman–Crippen MR) is 76.0 cm³/mol. The van der Waals surface area contributed by atoms with Gasteiger partial charge in [-0.15, -0.1) is 0 Å². The monoisotopic (exact) mass is 278 g/mol. The SMILES string of the molecule is Cc1ccc2c(c1)C(=O)N1CCC[C@H]1c1c(C#N)ncn1-2. The third-order valence-corrected chi connectivity index (χ3v) is 4.38. The zero-order valence-electron chi connectivity index (χ0n) is 11.7. The summed E-state index contributed by atoms with van der Waals surface area (Å²) >= 11 is 0. The van der Waals surface area contributed by atoms with E-state index < -0.39 is 0 Å². The highest BCUT2D eigenvalue weighted by Crippen LogP contribution is 2.39. The summed E-state index contributed by atoms with van der Waals surface area (Å²) < 4.78 is 1.92. The molecule has 1 fully saturated rings. The summed E-state index contributed by atoms with van der Waals surface area (Å²) in [4.78, 5) is 19.0. The minimum atomic E-state index is -0.0395. The van der Waals surface area contributed by atoms with Gasteiger partial charge in [-0.1, -0.05) is 11.6 Å². The average Bonchev–Trinajstić information content (AvgIpc) is 3.10. The van der Waals surface area contributed by atoms with Crippen molar-refractivity contribution in [3.63, 3.8) is 0 Å². The highest BCUT2D eigenvalue weighted by Gasteiger charge is 2.38. The lowest BCUT2D eigenvalue weighted by Gasteiger charge is -2.22. The third kappa shape index (κ3) is 1.56. The maximum absolute atomic E-state index is 12.8. The van der Waals surface area contributed by atoms with Crippen LogP contribution in [0.5, 0.6) is 0 Å². The summed E-state index contributed by atoms with van der Waals surface area (Å²) in [7, 11) is 0. The molecule has 0 N–H and O–H groups in total. The Hall–Kier alpha value is -2.61. The molecule has 0 aliphatic carbocycles. The molecule has 1 aromatic heterocycles. The highest BCUT2D eigenvalue weighted by molar-refractivity contribution is 5.99. The summed E-state index contributed by atoms with van der Waals surface area (Å²) in [5.74, 6) is 0.0591. The quantitative estimate of drug-likeness (QED) is 0.743. The van der Waals surface area contributed by atoms with Crippen molar-refractivity contribution in [3.8, 4) is 11.8 Å². The van der Waals surface area contributed by atoms with Crippen molar-refractivity contribution >= 4 is 5.91 Å². The average molecular weight is 278 g/mol. The van der Waals surface area contributed by atoms with E-state index in [0.29, 0.717) is 11.3 Å². The number of aryl methyl sites for hydroxylation is 1. The van der Waals surface area contributed by atoms with Crippen LogP contribution in [-0.2, 0) is 0 Å². The van der Waals surface area contributed by atoms with E-state index in [1.807, 2.05) is 34.6 Å². The molecular formula is C16H14N4O. The fourth-order valence-electron chi connectivity index (χ4n) is 3.43. The van der Waals surface area contributed by atoms with Crippen LogP contribution < -0.4 is 0 Å². The molecule has 104 valence electrons. The molecule has 0 saturated carbocycles. The molecule has 1 atom stereocenters. The molecule has 4 rings (SSSR count). The lowest BCUT2D eigenvalue weighted by Crippen LogP contribution is -2.29. The van der Waals surface area contributed by atoms with Crippen LogP contribution in [-0.4, -0.2) is 26.9 Å². The number of imidazole rings is 1. The Morgan fingerprint density at radius 3 is 3.10 bits per heavy atom. The van der Waals surface area contributed by atoms with Crippen molar-refractivity contribution in [2.24, 2.45) is 0 Å². The van der Waals surface area contributed by atoms with E-state index in [-0.39, 0.29) is 11.9 Å². The number of hydrogen-bond donors (Lipinski definition) is 0. The summed E-state index contributed by atoms with van der Waals surface area (Å²) in [6.45, 7) is 2.72. The number of aromatic nitrogens is 2. The van der Waals surface area contributed by atoms with Gasteiger partial charge in [-0.3, -0.25) is 9.36 Å². The standard InChI is InChI=1S/C16H14N4O/c1-10-4-5-13-11(7-10)16(21)19-6-2-3-14(19)15-12(8-17)18-9-20(13)15/h4-5,7,9,14H,2-3,6H2,1H3/t14-/m0/s1. The maximum atomic E-state index is 12.8. The van der Waals surface area contributed by atoms with Gasteiger partial charge in [0.2, 0.25) is 0 Å². The molecular weight excluding hydrogens is 264 g/mol. The second-order valence-electron chi connectivity index (χ2n) is 5.64. The number of nitriles is 1. The number of carbonyl (C=O) groups is 1. The molecule has 0 unspecified atom stereocenters. The molecule has 1 aromatic carbocycles. The van der Waals surface area contributed by atoms with Crippen LogP contribution in [0.2, 0.25) is 0 Å². The Morgan fingerprint density at radius 2 is 2.29 bits per heavy atom. The van der Waals surface area contributed by atoms with Crippen LogP contribution in [0.4, 0.5) is 0 Å². The number of amides is 1. The van der Waals surface area contributed by atoms with Gasteiger partial charge in [-0.05, 0) is 31.9 Å². The number of benzene rings is 1. The molecule has 0 spiro atoms. The van der Waals surface area contributed by atoms with Crippen molar-refractivity contribution in [1.82, 2.24) is 14.5 Å². The smallest absolute Gasteiger partial charge is 0.256 e. The first-order valence-electron chi connectivity index (χ1n) is 7.10. The van der Waals surface area contributed by atoms with Crippen LogP contribution in [0.1, 0.15) is 46.2 Å². The van der Waals surface area contributed by atoms with Gasteiger partial charge in [0.15, 0.2) is 5.69 Å². The fraction of sp³-hybridized carbons (Fsp3) is 0.312. The van der Waals surface area contributed by atoms with E-state index in [1.165, 1.54) is 0 Å². The Morgan fingerprint density at radius 1 is 1.43 bits per heavy atom. The van der Waals surface area contributed by atoms with E-state index in [9.17, 15) is 10.1 Å². The highest BCUT2D eigenvalue weighted by atomic mass is 16.2. The van der Waals surface area contributed by atoms with E-state index in [1.54, 1.807) is 6.33 Å². The lowest BCUT2D eigenvalue weighted by molar-refractivity contribution is 0.0738. The van der Waals surface area contributed by atoms with Crippen LogP contribution >= 0.6 is 0 Å². The topological polar surface area (TPSA) is 61.9 Å². The minimum Gasteiger partial charge on any atom is -0.330 e. The molecule has 5 heteroatoms. The van der Waals surface area contributed by atoms with Crippen LogP contribution in [0.3, 0.4) is 0 Å². The molecule has 21 heavy (non-hydrogen) atoms. The largest absolute Gasteiger partial charge is 0.330 e. The van der Waals surface area contributed by atoms with Gasteiger partial charge in [-0.2, -0.15) is 5.26 Å². The molecule has 2 aromatic rings. The van der Waals surface area contributed by atoms with Crippen LogP contribution in [0, 0.1) is 18.3 Å². The van der Waals surface area contributed by atoms with E-state index in [2.05, 4.69) is 11.1 Å². The van der Waals surface area contributed by atoms with E-state index in [4.69, 9.17) is 0 Å². The van der Waals surface area contributed by atoms with Crippen molar-refractivity contribution in [1.29, 1.82) is 5.26 Å². The second kappa shape index (κ2) is 4.19. The van der Waals surface area contributed by atoms with Gasteiger partial charge in [0.05, 0.1) is 23.0 Å². The molecule has 0 radical (unpaired) electrons. The first-order valence-corrected chi connectivity index (χ1v) is 7.10. The Kier molecular flexibility index (Phi) is 2.43. The van der Waals surface area contributed by atoms with Gasteiger partial charge in [0, 0.05) is 6.54 Å². The minimum absolute atomic E-state index is 0.0395. The van der Waals surface area contributed by atoms with Crippen LogP contribution in [0.25, 0.3) is 5.69 Å². The molecule has 0 bridgehead atoms. The Labute approximate surface area is 122 Å². The van der Waals surface area contributed by atoms with Gasteiger partial charge >= 0.3 is 0 Å². The Balaban J connectivity index is 2.06. The molecule has 1 amide bonds. The fourth-order valence-corrected chi connectivity index (χ4v) is 3.43. The molecule has 1 saturated heterocycles. The maximum Gasteiger partial charge on any atom is 0.256 e. The van der Waals surface area contributed by atoms with E-state index >= 15 is 0 Å². The zero-order valence-corrected chi connectivity index (χ0v) is 11.7. The summed E-state index contributed by atoms with van der Waals surface area (Å²) in [6, 6.07) is 7.97. The van der Waals surface area contributed by atoms with Crippen molar-refractivity contribution in [3.05, 3.63) is 47.0 Å². The van der Waals surface area contributed by atoms with Gasteiger partial charge < -0.3 is 4.90 Å². The molecule has 5 nitrogen and oxygen atoms in total. The van der Waals surface area contributed by atoms with Gasteiger partial charge in [0.25, 0.3) is 5.91 Å². The van der Waals surface area contributed by atoms with E-state index in [0.717, 1.165) is 36.3 Å². The molecule has 2 aliphatic heterocycles. The molecule has 3 heterocycles. The number of nitrogens with zero attached hydrogens (tertiary/aromatic N) is 4. The Bertz CT molecular complexity index is 799. The predicted octanol–water partition coefficient (Wildman–Crippen LogP) is 2.34. The second-order valence-corrected chi connectivity index (χ2v) is 5.64. The first-order chi connectivity index (χ1) is 10.2. The lowest BCUT2D eigenvalue weighted by atomic mass is 10.1.